The second-order valence-electron chi connectivity index (χ2n) is 9.63. The minimum Gasteiger partial charge on any atom is -0.490 e. The van der Waals surface area contributed by atoms with Crippen LogP contribution in [-0.4, -0.2) is 37.5 Å². The van der Waals surface area contributed by atoms with E-state index in [2.05, 4.69) is 4.74 Å². The molecule has 0 heterocycles. The molecule has 0 spiro atoms. The normalized spacial score (nSPS) is 20.4. The summed E-state index contributed by atoms with van der Waals surface area (Å²) in [6.07, 6.45) is 6.78. The molecule has 4 rings (SSSR count). The molecule has 0 radical (unpaired) electrons. The van der Waals surface area contributed by atoms with Crippen molar-refractivity contribution in [1.82, 2.24) is 0 Å². The molecule has 1 saturated carbocycles. The van der Waals surface area contributed by atoms with Crippen LogP contribution >= 0.6 is 0 Å². The molecule has 3 aromatic carbocycles. The first kappa shape index (κ1) is 27.8. The van der Waals surface area contributed by atoms with E-state index in [0.29, 0.717) is 43.4 Å². The maximum Gasteiger partial charge on any atom is 0.338 e. The van der Waals surface area contributed by atoms with Crippen molar-refractivity contribution < 1.29 is 28.6 Å². The number of hydrogen-bond donors (Lipinski definition) is 0. The van der Waals surface area contributed by atoms with Gasteiger partial charge in [-0.25, -0.2) is 4.79 Å². The number of carbonyl (C=O) groups is 3. The van der Waals surface area contributed by atoms with Crippen LogP contribution in [0.15, 0.2) is 97.1 Å². The zero-order valence-corrected chi connectivity index (χ0v) is 22.1. The minimum absolute atomic E-state index is 0.119. The van der Waals surface area contributed by atoms with E-state index in [1.54, 1.807) is 12.1 Å². The molecule has 0 unspecified atom stereocenters. The van der Waals surface area contributed by atoms with Crippen LogP contribution in [0, 0.1) is 11.8 Å². The largest absolute Gasteiger partial charge is 0.490 e. The summed E-state index contributed by atoms with van der Waals surface area (Å²) in [5.41, 5.74) is 2.52. The molecular formula is C33H34O6. The Morgan fingerprint density at radius 2 is 1.46 bits per heavy atom. The molecule has 0 aliphatic heterocycles. The van der Waals surface area contributed by atoms with E-state index in [1.165, 1.54) is 7.11 Å². The Morgan fingerprint density at radius 1 is 0.821 bits per heavy atom. The van der Waals surface area contributed by atoms with Gasteiger partial charge in [0.15, 0.2) is 0 Å². The molecule has 1 aliphatic rings. The fourth-order valence-electron chi connectivity index (χ4n) is 5.05. The lowest BCUT2D eigenvalue weighted by molar-refractivity contribution is -0.140. The van der Waals surface area contributed by atoms with Crippen molar-refractivity contribution in [3.8, 4) is 16.9 Å². The fourth-order valence-corrected chi connectivity index (χ4v) is 5.05. The van der Waals surface area contributed by atoms with Gasteiger partial charge in [0.05, 0.1) is 18.6 Å². The molecule has 202 valence electrons. The Morgan fingerprint density at radius 3 is 2.13 bits per heavy atom. The zero-order chi connectivity index (χ0) is 27.5. The van der Waals surface area contributed by atoms with Crippen LogP contribution in [0.25, 0.3) is 11.1 Å². The van der Waals surface area contributed by atoms with Gasteiger partial charge in [0.2, 0.25) is 0 Å². The number of esters is 2. The number of methoxy groups -OCH3 is 1. The first-order valence-corrected chi connectivity index (χ1v) is 13.3. The van der Waals surface area contributed by atoms with Gasteiger partial charge in [-0.3, -0.25) is 4.79 Å². The second kappa shape index (κ2) is 14.1. The highest BCUT2D eigenvalue weighted by molar-refractivity contribution is 5.90. The minimum atomic E-state index is -0.578. The molecule has 1 fully saturated rings. The quantitative estimate of drug-likeness (QED) is 0.153. The molecule has 0 bridgehead atoms. The molecule has 1 aliphatic carbocycles. The maximum absolute atomic E-state index is 13.1. The number of rotatable bonds is 12. The Balaban J connectivity index is 1.43. The number of aldehydes is 1. The van der Waals surface area contributed by atoms with Gasteiger partial charge in [-0.1, -0.05) is 72.8 Å². The van der Waals surface area contributed by atoms with Crippen LogP contribution in [-0.2, 0) is 19.1 Å². The van der Waals surface area contributed by atoms with Gasteiger partial charge in [0.1, 0.15) is 24.2 Å². The van der Waals surface area contributed by atoms with Gasteiger partial charge >= 0.3 is 11.9 Å². The maximum atomic E-state index is 13.1. The number of para-hydroxylation sites is 1. The van der Waals surface area contributed by atoms with Crippen molar-refractivity contribution in [2.24, 2.45) is 11.8 Å². The summed E-state index contributed by atoms with van der Waals surface area (Å²) >= 11 is 0. The van der Waals surface area contributed by atoms with E-state index in [0.717, 1.165) is 17.4 Å². The monoisotopic (exact) mass is 526 g/mol. The second-order valence-corrected chi connectivity index (χ2v) is 9.63. The Kier molecular flexibility index (Phi) is 10.1. The lowest BCUT2D eigenvalue weighted by Gasteiger charge is -2.23. The Bertz CT molecular complexity index is 1240. The number of benzene rings is 3. The van der Waals surface area contributed by atoms with Gasteiger partial charge < -0.3 is 19.0 Å². The van der Waals surface area contributed by atoms with Gasteiger partial charge in [-0.05, 0) is 54.7 Å². The first-order chi connectivity index (χ1) is 19.1. The summed E-state index contributed by atoms with van der Waals surface area (Å²) in [7, 11) is 1.38. The highest BCUT2D eigenvalue weighted by Gasteiger charge is 2.46. The molecule has 3 aromatic rings. The number of carbonyl (C=O) groups excluding carboxylic acids is 3. The van der Waals surface area contributed by atoms with Gasteiger partial charge in [-0.2, -0.15) is 0 Å². The summed E-state index contributed by atoms with van der Waals surface area (Å²) in [5.74, 6) is -0.574. The Hall–Kier alpha value is -4.19. The standard InChI is InChI=1S/C33H34O6/c1-37-32(35)17-11-3-2-10-16-28-29(23-34)31(22-30(28)38-27-14-8-5-9-15-27)39-33(36)26-20-18-25(19-21-26)24-12-6-4-7-13-24/h2-9,12-15,18-21,23,28-31H,10-11,16-17,22H2,1H3/t28-,29-,30-,31-/m1/s1. The van der Waals surface area contributed by atoms with Crippen LogP contribution < -0.4 is 4.74 Å². The molecule has 6 heteroatoms. The zero-order valence-electron chi connectivity index (χ0n) is 22.1. The van der Waals surface area contributed by atoms with Gasteiger partial charge in [0, 0.05) is 18.8 Å². The van der Waals surface area contributed by atoms with E-state index in [-0.39, 0.29) is 18.0 Å². The third-order valence-corrected chi connectivity index (χ3v) is 7.12. The predicted molar refractivity (Wildman–Crippen MR) is 149 cm³/mol. The highest BCUT2D eigenvalue weighted by atomic mass is 16.5. The SMILES string of the molecule is COC(=O)CCC=CCC[C@@H]1[C@@H](C=O)[C@H](OC(=O)c2ccc(-c3ccccc3)cc2)C[C@H]1Oc1ccccc1. The molecule has 0 amide bonds. The van der Waals surface area contributed by atoms with E-state index in [4.69, 9.17) is 9.47 Å². The topological polar surface area (TPSA) is 78.9 Å². The summed E-state index contributed by atoms with van der Waals surface area (Å²) in [5, 5.41) is 0. The summed E-state index contributed by atoms with van der Waals surface area (Å²) in [4.78, 5) is 36.6. The van der Waals surface area contributed by atoms with Crippen molar-refractivity contribution in [2.75, 3.05) is 7.11 Å². The van der Waals surface area contributed by atoms with E-state index < -0.39 is 18.0 Å². The molecule has 39 heavy (non-hydrogen) atoms. The van der Waals surface area contributed by atoms with Gasteiger partial charge in [-0.15, -0.1) is 0 Å². The highest BCUT2D eigenvalue weighted by Crippen LogP contribution is 2.39. The molecular weight excluding hydrogens is 492 g/mol. The van der Waals surface area contributed by atoms with E-state index >= 15 is 0 Å². The average Bonchev–Trinajstić information content (AvgIpc) is 3.30. The van der Waals surface area contributed by atoms with Crippen molar-refractivity contribution in [3.05, 3.63) is 103 Å². The number of hydrogen-bond acceptors (Lipinski definition) is 6. The summed E-state index contributed by atoms with van der Waals surface area (Å²) in [6, 6.07) is 26.7. The third kappa shape index (κ3) is 7.66. The Labute approximate surface area is 229 Å². The van der Waals surface area contributed by atoms with Crippen LogP contribution in [0.1, 0.15) is 42.5 Å². The van der Waals surface area contributed by atoms with Crippen molar-refractivity contribution >= 4 is 18.2 Å². The third-order valence-electron chi connectivity index (χ3n) is 7.12. The summed E-state index contributed by atoms with van der Waals surface area (Å²) < 4.78 is 16.9. The smallest absolute Gasteiger partial charge is 0.338 e. The van der Waals surface area contributed by atoms with Crippen LogP contribution in [0.5, 0.6) is 5.75 Å². The number of ether oxygens (including phenoxy) is 3. The first-order valence-electron chi connectivity index (χ1n) is 13.3. The van der Waals surface area contributed by atoms with E-state index in [9.17, 15) is 14.4 Å². The summed E-state index contributed by atoms with van der Waals surface area (Å²) in [6.45, 7) is 0. The lowest BCUT2D eigenvalue weighted by atomic mass is 9.90. The fraction of sp³-hybridized carbons (Fsp3) is 0.303. The van der Waals surface area contributed by atoms with Crippen molar-refractivity contribution in [1.29, 1.82) is 0 Å². The average molecular weight is 527 g/mol. The lowest BCUT2D eigenvalue weighted by Crippen LogP contribution is -2.28. The van der Waals surface area contributed by atoms with Crippen molar-refractivity contribution in [2.45, 2.75) is 44.3 Å². The molecule has 4 atom stereocenters. The molecule has 0 saturated heterocycles. The van der Waals surface area contributed by atoms with Crippen molar-refractivity contribution in [3.63, 3.8) is 0 Å². The molecule has 0 N–H and O–H groups in total. The number of allylic oxidation sites excluding steroid dienone is 2. The molecule has 0 aromatic heterocycles. The van der Waals surface area contributed by atoms with Crippen LogP contribution in [0.4, 0.5) is 0 Å². The van der Waals surface area contributed by atoms with Crippen LogP contribution in [0.3, 0.4) is 0 Å². The predicted octanol–water partition coefficient (Wildman–Crippen LogP) is 6.45. The van der Waals surface area contributed by atoms with Gasteiger partial charge in [0.25, 0.3) is 0 Å². The molecule has 6 nitrogen and oxygen atoms in total. The van der Waals surface area contributed by atoms with E-state index in [1.807, 2.05) is 84.9 Å². The van der Waals surface area contributed by atoms with Crippen LogP contribution in [0.2, 0.25) is 0 Å².